The van der Waals surface area contributed by atoms with Gasteiger partial charge >= 0.3 is 5.97 Å². The van der Waals surface area contributed by atoms with Crippen molar-refractivity contribution in [2.45, 2.75) is 20.4 Å². The van der Waals surface area contributed by atoms with Crippen molar-refractivity contribution in [3.8, 4) is 0 Å². The molecule has 0 bridgehead atoms. The number of carbonyl (C=O) groups is 3. The molecule has 0 atom stereocenters. The van der Waals surface area contributed by atoms with Gasteiger partial charge in [-0.05, 0) is 62.4 Å². The van der Waals surface area contributed by atoms with Crippen LogP contribution < -0.4 is 10.7 Å². The van der Waals surface area contributed by atoms with Crippen molar-refractivity contribution in [3.63, 3.8) is 0 Å². The summed E-state index contributed by atoms with van der Waals surface area (Å²) in [4.78, 5) is 56.1. The van der Waals surface area contributed by atoms with Crippen LogP contribution in [0.25, 0.3) is 11.0 Å². The van der Waals surface area contributed by atoms with Gasteiger partial charge in [-0.1, -0.05) is 28.1 Å². The van der Waals surface area contributed by atoms with Crippen LogP contribution in [0.15, 0.2) is 76.1 Å². The topological polar surface area (TPSA) is 107 Å². The normalized spacial score (nSPS) is 10.8. The summed E-state index contributed by atoms with van der Waals surface area (Å²) in [6.45, 7) is 3.42. The smallest absolute Gasteiger partial charge is 0.340 e. The molecule has 2 aromatic carbocycles. The molecule has 0 aliphatic heterocycles. The summed E-state index contributed by atoms with van der Waals surface area (Å²) in [6, 6.07) is 16.5. The number of anilines is 1. The highest BCUT2D eigenvalue weighted by molar-refractivity contribution is 9.10. The third-order valence-electron chi connectivity index (χ3n) is 5.42. The van der Waals surface area contributed by atoms with Gasteiger partial charge in [0.2, 0.25) is 11.3 Å². The van der Waals surface area contributed by atoms with Crippen molar-refractivity contribution in [2.75, 3.05) is 11.9 Å². The van der Waals surface area contributed by atoms with Crippen molar-refractivity contribution in [1.29, 1.82) is 0 Å². The molecule has 0 aliphatic rings. The number of nitrogens with one attached hydrogen (secondary N) is 1. The lowest BCUT2D eigenvalue weighted by Gasteiger charge is -2.14. The van der Waals surface area contributed by atoms with E-state index in [1.54, 1.807) is 74.5 Å². The first-order valence-electron chi connectivity index (χ1n) is 11.2. The number of amides is 1. The second-order valence-electron chi connectivity index (χ2n) is 7.97. The molecule has 0 aliphatic carbocycles. The van der Waals surface area contributed by atoms with Crippen LogP contribution in [-0.4, -0.2) is 33.8 Å². The largest absolute Gasteiger partial charge is 0.462 e. The monoisotopic (exact) mass is 547 g/mol. The van der Waals surface area contributed by atoms with Crippen molar-refractivity contribution in [3.05, 3.63) is 104 Å². The minimum absolute atomic E-state index is 0.0739. The molecule has 4 rings (SSSR count). The van der Waals surface area contributed by atoms with Crippen molar-refractivity contribution < 1.29 is 19.1 Å². The summed E-state index contributed by atoms with van der Waals surface area (Å²) in [7, 11) is 0. The highest BCUT2D eigenvalue weighted by atomic mass is 79.9. The Hall–Kier alpha value is -4.11. The van der Waals surface area contributed by atoms with Crippen molar-refractivity contribution >= 4 is 50.3 Å². The molecule has 182 valence electrons. The lowest BCUT2D eigenvalue weighted by Crippen LogP contribution is -2.25. The number of fused-ring (bicyclic) bond motifs is 1. The van der Waals surface area contributed by atoms with E-state index in [1.807, 2.05) is 0 Å². The molecule has 2 heterocycles. The van der Waals surface area contributed by atoms with Gasteiger partial charge in [0.25, 0.3) is 0 Å². The molecule has 36 heavy (non-hydrogen) atoms. The Morgan fingerprint density at radius 1 is 1.00 bits per heavy atom. The fraction of sp³-hybridized carbons (Fsp3) is 0.148. The van der Waals surface area contributed by atoms with Crippen LogP contribution in [0.1, 0.15) is 38.9 Å². The molecule has 2 aromatic heterocycles. The van der Waals surface area contributed by atoms with Crippen LogP contribution >= 0.6 is 15.9 Å². The fourth-order valence-corrected chi connectivity index (χ4v) is 3.99. The number of hydrogen-bond acceptors (Lipinski definition) is 6. The number of ether oxygens (including phenoxy) is 1. The molecule has 0 spiro atoms. The van der Waals surface area contributed by atoms with E-state index in [4.69, 9.17) is 4.74 Å². The average Bonchev–Trinajstić information content (AvgIpc) is 2.86. The molecule has 8 nitrogen and oxygen atoms in total. The number of pyridine rings is 2. The number of rotatable bonds is 7. The molecule has 0 radical (unpaired) electrons. The Kier molecular flexibility index (Phi) is 7.40. The van der Waals surface area contributed by atoms with E-state index in [-0.39, 0.29) is 35.3 Å². The zero-order chi connectivity index (χ0) is 25.8. The van der Waals surface area contributed by atoms with Gasteiger partial charge in [0.15, 0.2) is 5.78 Å². The number of benzene rings is 2. The summed E-state index contributed by atoms with van der Waals surface area (Å²) in [5.41, 5.74) is 1.25. The first-order valence-corrected chi connectivity index (χ1v) is 11.9. The van der Waals surface area contributed by atoms with E-state index in [0.717, 1.165) is 4.47 Å². The number of nitrogens with zero attached hydrogens (tertiary/aromatic N) is 2. The van der Waals surface area contributed by atoms with Crippen molar-refractivity contribution in [2.24, 2.45) is 0 Å². The Labute approximate surface area is 215 Å². The molecule has 0 unspecified atom stereocenters. The van der Waals surface area contributed by atoms with Crippen LogP contribution in [0.5, 0.6) is 0 Å². The zero-order valence-corrected chi connectivity index (χ0v) is 21.2. The van der Waals surface area contributed by atoms with Gasteiger partial charge in [-0.3, -0.25) is 14.4 Å². The Morgan fingerprint density at radius 3 is 2.44 bits per heavy atom. The number of halogens is 1. The van der Waals surface area contributed by atoms with Crippen LogP contribution in [0.2, 0.25) is 0 Å². The minimum Gasteiger partial charge on any atom is -0.462 e. The number of para-hydroxylation sites is 1. The number of aryl methyl sites for hydroxylation is 1. The summed E-state index contributed by atoms with van der Waals surface area (Å²) < 4.78 is 7.33. The lowest BCUT2D eigenvalue weighted by molar-refractivity contribution is -0.116. The first kappa shape index (κ1) is 25.0. The maximum Gasteiger partial charge on any atom is 0.340 e. The maximum absolute atomic E-state index is 13.2. The summed E-state index contributed by atoms with van der Waals surface area (Å²) in [5.74, 6) is -1.49. The third-order valence-corrected chi connectivity index (χ3v) is 5.95. The Balaban J connectivity index is 1.73. The van der Waals surface area contributed by atoms with Crippen LogP contribution in [0, 0.1) is 6.92 Å². The van der Waals surface area contributed by atoms with Gasteiger partial charge in [-0.2, -0.15) is 0 Å². The molecule has 9 heteroatoms. The van der Waals surface area contributed by atoms with Gasteiger partial charge in [0.05, 0.1) is 28.8 Å². The molecule has 0 saturated carbocycles. The quantitative estimate of drug-likeness (QED) is 0.269. The van der Waals surface area contributed by atoms with Crippen molar-refractivity contribution in [1.82, 2.24) is 9.55 Å². The number of ketones is 1. The Morgan fingerprint density at radius 2 is 1.72 bits per heavy atom. The molecular formula is C27H22BrN3O5. The van der Waals surface area contributed by atoms with E-state index < -0.39 is 23.1 Å². The lowest BCUT2D eigenvalue weighted by atomic mass is 10.0. The van der Waals surface area contributed by atoms with E-state index in [2.05, 4.69) is 26.2 Å². The second kappa shape index (κ2) is 10.7. The number of aromatic nitrogens is 2. The third kappa shape index (κ3) is 5.26. The van der Waals surface area contributed by atoms with Gasteiger partial charge < -0.3 is 14.6 Å². The van der Waals surface area contributed by atoms with Crippen LogP contribution in [-0.2, 0) is 16.1 Å². The Bertz CT molecular complexity index is 1540. The van der Waals surface area contributed by atoms with Gasteiger partial charge in [0.1, 0.15) is 12.2 Å². The molecule has 0 saturated heterocycles. The fourth-order valence-electron chi connectivity index (χ4n) is 3.72. The molecular weight excluding hydrogens is 526 g/mol. The van der Waals surface area contributed by atoms with Crippen LogP contribution in [0.4, 0.5) is 5.69 Å². The highest BCUT2D eigenvalue weighted by Crippen LogP contribution is 2.18. The molecule has 0 fully saturated rings. The summed E-state index contributed by atoms with van der Waals surface area (Å²) >= 11 is 3.33. The minimum atomic E-state index is -0.554. The number of carbonyl (C=O) groups excluding carboxylic acids is 3. The van der Waals surface area contributed by atoms with Gasteiger partial charge in [-0.25, -0.2) is 9.78 Å². The average molecular weight is 548 g/mol. The van der Waals surface area contributed by atoms with E-state index in [1.165, 1.54) is 10.8 Å². The predicted octanol–water partition coefficient (Wildman–Crippen LogP) is 4.51. The highest BCUT2D eigenvalue weighted by Gasteiger charge is 2.20. The van der Waals surface area contributed by atoms with Gasteiger partial charge in [-0.15, -0.1) is 0 Å². The van der Waals surface area contributed by atoms with Crippen LogP contribution in [0.3, 0.4) is 0 Å². The summed E-state index contributed by atoms with van der Waals surface area (Å²) in [5, 5.41) is 2.95. The zero-order valence-electron chi connectivity index (χ0n) is 19.6. The van der Waals surface area contributed by atoms with E-state index >= 15 is 0 Å². The maximum atomic E-state index is 13.2. The number of esters is 1. The molecule has 1 N–H and O–H groups in total. The standard InChI is InChI=1S/C27H22BrN3O5/c1-3-36-27(35)19-6-4-5-7-22(19)30-23(32)15-31-14-21(24(33)17-9-11-18(28)12-10-17)25(34)20-13-8-16(2)29-26(20)31/h4-14H,3,15H2,1-2H3,(H,30,32). The summed E-state index contributed by atoms with van der Waals surface area (Å²) in [6.07, 6.45) is 1.36. The second-order valence-corrected chi connectivity index (χ2v) is 8.89. The number of hydrogen-bond donors (Lipinski definition) is 1. The molecule has 4 aromatic rings. The van der Waals surface area contributed by atoms with Gasteiger partial charge in [0, 0.05) is 21.9 Å². The van der Waals surface area contributed by atoms with E-state index in [0.29, 0.717) is 16.9 Å². The first-order chi connectivity index (χ1) is 17.3. The molecule has 1 amide bonds. The van der Waals surface area contributed by atoms with E-state index in [9.17, 15) is 19.2 Å². The predicted molar refractivity (Wildman–Crippen MR) is 139 cm³/mol. The SMILES string of the molecule is CCOC(=O)c1ccccc1NC(=O)Cn1cc(C(=O)c2ccc(Br)cc2)c(=O)c2ccc(C)nc21.